The number of amides is 1. The van der Waals surface area contributed by atoms with Gasteiger partial charge in [-0.15, -0.1) is 0 Å². The SMILES string of the molecule is Cc1cc(-c2cc(C(=O)Nc3c(Cl)cccc3Cl)nn2C)ccc1F. The normalized spacial score (nSPS) is 10.8. The van der Waals surface area contributed by atoms with Crippen molar-refractivity contribution >= 4 is 34.8 Å². The standard InChI is InChI=1S/C18H14Cl2FN3O/c1-10-8-11(6-7-14(10)21)16-9-15(23-24(16)2)18(25)22-17-12(19)4-3-5-13(17)20/h3-9H,1-2H3,(H,22,25). The first-order valence-corrected chi connectivity index (χ1v) is 8.18. The second-order valence-electron chi connectivity index (χ2n) is 5.55. The predicted octanol–water partition coefficient (Wildman–Crippen LogP) is 5.09. The monoisotopic (exact) mass is 377 g/mol. The van der Waals surface area contributed by atoms with Crippen molar-refractivity contribution in [3.63, 3.8) is 0 Å². The molecule has 1 N–H and O–H groups in total. The highest BCUT2D eigenvalue weighted by Gasteiger charge is 2.17. The van der Waals surface area contributed by atoms with E-state index < -0.39 is 5.91 Å². The van der Waals surface area contributed by atoms with E-state index in [1.54, 1.807) is 55.1 Å². The Morgan fingerprint density at radius 1 is 1.16 bits per heavy atom. The van der Waals surface area contributed by atoms with Crippen LogP contribution < -0.4 is 5.32 Å². The first-order valence-electron chi connectivity index (χ1n) is 7.42. The van der Waals surface area contributed by atoms with Crippen LogP contribution in [-0.4, -0.2) is 15.7 Å². The Balaban J connectivity index is 1.91. The maximum absolute atomic E-state index is 13.5. The summed E-state index contributed by atoms with van der Waals surface area (Å²) in [5.74, 6) is -0.715. The minimum absolute atomic E-state index is 0.204. The molecule has 0 bridgehead atoms. The molecule has 0 aliphatic rings. The molecule has 1 amide bonds. The quantitative estimate of drug-likeness (QED) is 0.690. The minimum Gasteiger partial charge on any atom is -0.318 e. The lowest BCUT2D eigenvalue weighted by molar-refractivity contribution is 0.102. The van der Waals surface area contributed by atoms with E-state index in [4.69, 9.17) is 23.2 Å². The van der Waals surface area contributed by atoms with E-state index in [1.165, 1.54) is 6.07 Å². The Morgan fingerprint density at radius 2 is 1.84 bits per heavy atom. The van der Waals surface area contributed by atoms with Crippen LogP contribution in [0.25, 0.3) is 11.3 Å². The minimum atomic E-state index is -0.435. The summed E-state index contributed by atoms with van der Waals surface area (Å²) in [4.78, 5) is 12.5. The van der Waals surface area contributed by atoms with E-state index in [-0.39, 0.29) is 11.5 Å². The molecule has 0 aliphatic carbocycles. The second-order valence-corrected chi connectivity index (χ2v) is 6.37. The van der Waals surface area contributed by atoms with E-state index in [1.807, 2.05) is 0 Å². The molecule has 0 fully saturated rings. The molecule has 0 saturated heterocycles. The van der Waals surface area contributed by atoms with Crippen LogP contribution in [0.1, 0.15) is 16.1 Å². The Morgan fingerprint density at radius 3 is 2.48 bits per heavy atom. The third kappa shape index (κ3) is 3.52. The summed E-state index contributed by atoms with van der Waals surface area (Å²) in [6.45, 7) is 1.68. The highest BCUT2D eigenvalue weighted by Crippen LogP contribution is 2.30. The van der Waals surface area contributed by atoms with Crippen molar-refractivity contribution < 1.29 is 9.18 Å². The van der Waals surface area contributed by atoms with Crippen LogP contribution in [0.3, 0.4) is 0 Å². The zero-order chi connectivity index (χ0) is 18.1. The number of aryl methyl sites for hydroxylation is 2. The molecule has 0 saturated carbocycles. The van der Waals surface area contributed by atoms with Gasteiger partial charge in [-0.2, -0.15) is 5.10 Å². The molecule has 0 atom stereocenters. The van der Waals surface area contributed by atoms with Crippen molar-refractivity contribution in [2.24, 2.45) is 7.05 Å². The number of aromatic nitrogens is 2. The van der Waals surface area contributed by atoms with Gasteiger partial charge in [-0.05, 0) is 48.9 Å². The molecule has 25 heavy (non-hydrogen) atoms. The van der Waals surface area contributed by atoms with Gasteiger partial charge in [-0.1, -0.05) is 29.3 Å². The largest absolute Gasteiger partial charge is 0.318 e. The molecule has 0 spiro atoms. The summed E-state index contributed by atoms with van der Waals surface area (Å²) in [5.41, 5.74) is 2.52. The number of rotatable bonds is 3. The average Bonchev–Trinajstić information content (AvgIpc) is 2.95. The number of hydrogen-bond acceptors (Lipinski definition) is 2. The van der Waals surface area contributed by atoms with Gasteiger partial charge in [-0.25, -0.2) is 4.39 Å². The van der Waals surface area contributed by atoms with E-state index >= 15 is 0 Å². The number of carbonyl (C=O) groups is 1. The average molecular weight is 378 g/mol. The smallest absolute Gasteiger partial charge is 0.276 e. The Labute approximate surface area is 154 Å². The molecule has 7 heteroatoms. The van der Waals surface area contributed by atoms with E-state index in [2.05, 4.69) is 10.4 Å². The third-order valence-corrected chi connectivity index (χ3v) is 4.40. The molecule has 0 radical (unpaired) electrons. The van der Waals surface area contributed by atoms with Crippen molar-refractivity contribution in [2.75, 3.05) is 5.32 Å². The fourth-order valence-electron chi connectivity index (χ4n) is 2.45. The Bertz CT molecular complexity index is 949. The lowest BCUT2D eigenvalue weighted by Gasteiger charge is -2.07. The van der Waals surface area contributed by atoms with E-state index in [0.29, 0.717) is 27.0 Å². The van der Waals surface area contributed by atoms with Gasteiger partial charge in [-0.3, -0.25) is 9.48 Å². The molecule has 3 rings (SSSR count). The molecule has 0 unspecified atom stereocenters. The molecule has 128 valence electrons. The van der Waals surface area contributed by atoms with Crippen molar-refractivity contribution in [3.05, 3.63) is 69.6 Å². The zero-order valence-corrected chi connectivity index (χ0v) is 15.0. The Kier molecular flexibility index (Phi) is 4.79. The van der Waals surface area contributed by atoms with Crippen molar-refractivity contribution in [2.45, 2.75) is 6.92 Å². The molecule has 0 aliphatic heterocycles. The highest BCUT2D eigenvalue weighted by molar-refractivity contribution is 6.40. The van der Waals surface area contributed by atoms with Gasteiger partial charge in [0.15, 0.2) is 5.69 Å². The second kappa shape index (κ2) is 6.86. The summed E-state index contributed by atoms with van der Waals surface area (Å²) in [5, 5.41) is 7.57. The zero-order valence-electron chi connectivity index (χ0n) is 13.5. The van der Waals surface area contributed by atoms with Crippen LogP contribution in [0.2, 0.25) is 10.0 Å². The number of nitrogens with zero attached hydrogens (tertiary/aromatic N) is 2. The number of anilines is 1. The van der Waals surface area contributed by atoms with Gasteiger partial charge in [0.25, 0.3) is 5.91 Å². The van der Waals surface area contributed by atoms with E-state index in [0.717, 1.165) is 5.56 Å². The van der Waals surface area contributed by atoms with Gasteiger partial charge in [0.05, 0.1) is 21.4 Å². The maximum atomic E-state index is 13.5. The number of nitrogens with one attached hydrogen (secondary N) is 1. The van der Waals surface area contributed by atoms with E-state index in [9.17, 15) is 9.18 Å². The maximum Gasteiger partial charge on any atom is 0.276 e. The third-order valence-electron chi connectivity index (χ3n) is 3.77. The number of para-hydroxylation sites is 1. The molecular weight excluding hydrogens is 364 g/mol. The fourth-order valence-corrected chi connectivity index (χ4v) is 2.94. The topological polar surface area (TPSA) is 46.9 Å². The fraction of sp³-hybridized carbons (Fsp3) is 0.111. The van der Waals surface area contributed by atoms with Crippen LogP contribution in [0.5, 0.6) is 0 Å². The van der Waals surface area contributed by atoms with Gasteiger partial charge >= 0.3 is 0 Å². The van der Waals surface area contributed by atoms with Crippen LogP contribution in [-0.2, 0) is 7.05 Å². The highest BCUT2D eigenvalue weighted by atomic mass is 35.5. The molecule has 3 aromatic rings. The van der Waals surface area contributed by atoms with Gasteiger partial charge in [0.1, 0.15) is 5.82 Å². The van der Waals surface area contributed by atoms with Crippen molar-refractivity contribution in [1.29, 1.82) is 0 Å². The van der Waals surface area contributed by atoms with Crippen LogP contribution in [0.4, 0.5) is 10.1 Å². The molecule has 1 aromatic heterocycles. The first kappa shape index (κ1) is 17.5. The number of halogens is 3. The Hall–Kier alpha value is -2.37. The lowest BCUT2D eigenvalue weighted by Crippen LogP contribution is -2.13. The molecule has 2 aromatic carbocycles. The van der Waals surface area contributed by atoms with Crippen molar-refractivity contribution in [3.8, 4) is 11.3 Å². The summed E-state index contributed by atoms with van der Waals surface area (Å²) in [6, 6.07) is 11.3. The number of benzene rings is 2. The summed E-state index contributed by atoms with van der Waals surface area (Å²) in [7, 11) is 1.72. The number of carbonyl (C=O) groups excluding carboxylic acids is 1. The van der Waals surface area contributed by atoms with Crippen molar-refractivity contribution in [1.82, 2.24) is 9.78 Å². The van der Waals surface area contributed by atoms with Gasteiger partial charge in [0.2, 0.25) is 0 Å². The summed E-state index contributed by atoms with van der Waals surface area (Å²) < 4.78 is 15.0. The van der Waals surface area contributed by atoms with Crippen LogP contribution >= 0.6 is 23.2 Å². The van der Waals surface area contributed by atoms with Gasteiger partial charge in [0, 0.05) is 12.6 Å². The lowest BCUT2D eigenvalue weighted by atomic mass is 10.1. The summed E-state index contributed by atoms with van der Waals surface area (Å²) in [6.07, 6.45) is 0. The van der Waals surface area contributed by atoms with Crippen LogP contribution in [0.15, 0.2) is 42.5 Å². The van der Waals surface area contributed by atoms with Gasteiger partial charge < -0.3 is 5.32 Å². The molecule has 4 nitrogen and oxygen atoms in total. The molecular formula is C18H14Cl2FN3O. The number of hydrogen-bond donors (Lipinski definition) is 1. The van der Waals surface area contributed by atoms with Crippen LogP contribution in [0, 0.1) is 12.7 Å². The summed E-state index contributed by atoms with van der Waals surface area (Å²) >= 11 is 12.1. The first-order chi connectivity index (χ1) is 11.9. The molecule has 1 heterocycles. The predicted molar refractivity (Wildman–Crippen MR) is 97.8 cm³/mol.